The third kappa shape index (κ3) is 5.81. The van der Waals surface area contributed by atoms with Crippen LogP contribution in [-0.2, 0) is 17.5 Å². The second-order valence-electron chi connectivity index (χ2n) is 7.96. The molecule has 0 bridgehead atoms. The first-order valence-electron chi connectivity index (χ1n) is 10.6. The van der Waals surface area contributed by atoms with Crippen LogP contribution in [0, 0.1) is 13.8 Å². The minimum absolute atomic E-state index is 0.233. The summed E-state index contributed by atoms with van der Waals surface area (Å²) in [5.74, 6) is 0.623. The zero-order valence-electron chi connectivity index (χ0n) is 18.7. The average Bonchev–Trinajstić information content (AvgIpc) is 2.78. The highest BCUT2D eigenvalue weighted by Crippen LogP contribution is 2.29. The summed E-state index contributed by atoms with van der Waals surface area (Å²) in [6, 6.07) is 8.47. The van der Waals surface area contributed by atoms with E-state index >= 15 is 0 Å². The van der Waals surface area contributed by atoms with E-state index in [-0.39, 0.29) is 11.5 Å². The number of nitrogens with zero attached hydrogens (tertiary/aromatic N) is 2. The highest BCUT2D eigenvalue weighted by atomic mass is 19.4. The van der Waals surface area contributed by atoms with Crippen molar-refractivity contribution in [1.82, 2.24) is 9.80 Å². The number of carbonyl (C=O) groups excluding carboxylic acids is 1. The number of piperazine rings is 1. The van der Waals surface area contributed by atoms with Gasteiger partial charge in [0.15, 0.2) is 0 Å². The summed E-state index contributed by atoms with van der Waals surface area (Å²) >= 11 is 0. The zero-order valence-corrected chi connectivity index (χ0v) is 18.7. The van der Waals surface area contributed by atoms with Gasteiger partial charge < -0.3 is 14.4 Å². The summed E-state index contributed by atoms with van der Waals surface area (Å²) in [6.45, 7) is 8.42. The Morgan fingerprint density at radius 1 is 0.938 bits per heavy atom. The van der Waals surface area contributed by atoms with E-state index in [2.05, 4.69) is 17.9 Å². The van der Waals surface area contributed by atoms with Gasteiger partial charge in [-0.15, -0.1) is 0 Å². The first-order valence-corrected chi connectivity index (χ1v) is 10.6. The van der Waals surface area contributed by atoms with E-state index < -0.39 is 11.7 Å². The lowest BCUT2D eigenvalue weighted by atomic mass is 10.0. The van der Waals surface area contributed by atoms with Crippen LogP contribution in [0.25, 0.3) is 0 Å². The fraction of sp³-hybridized carbons (Fsp3) is 0.458. The third-order valence-electron chi connectivity index (χ3n) is 5.91. The number of alkyl halides is 3. The molecule has 8 heteroatoms. The Labute approximate surface area is 186 Å². The molecule has 1 aliphatic heterocycles. The van der Waals surface area contributed by atoms with Crippen molar-refractivity contribution in [1.29, 1.82) is 0 Å². The summed E-state index contributed by atoms with van der Waals surface area (Å²) in [5, 5.41) is 0. The number of hydrogen-bond acceptors (Lipinski definition) is 4. The second-order valence-corrected chi connectivity index (χ2v) is 7.96. The van der Waals surface area contributed by atoms with Crippen molar-refractivity contribution >= 4 is 5.91 Å². The molecule has 2 aromatic carbocycles. The lowest BCUT2D eigenvalue weighted by Crippen LogP contribution is -2.48. The van der Waals surface area contributed by atoms with Crippen molar-refractivity contribution in [3.8, 4) is 5.75 Å². The Balaban J connectivity index is 1.55. The van der Waals surface area contributed by atoms with E-state index in [0.717, 1.165) is 30.0 Å². The van der Waals surface area contributed by atoms with E-state index in [0.29, 0.717) is 39.4 Å². The maximum atomic E-state index is 12.7. The first-order chi connectivity index (χ1) is 15.2. The molecule has 3 rings (SSSR count). The lowest BCUT2D eigenvalue weighted by molar-refractivity contribution is -0.137. The molecule has 0 radical (unpaired) electrons. The number of carbonyl (C=O) groups is 1. The van der Waals surface area contributed by atoms with E-state index in [1.54, 1.807) is 12.0 Å². The summed E-state index contributed by atoms with van der Waals surface area (Å²) in [5.41, 5.74) is 3.03. The number of methoxy groups -OCH3 is 1. The number of ether oxygens (including phenoxy) is 2. The highest BCUT2D eigenvalue weighted by molar-refractivity contribution is 5.94. The average molecular weight is 451 g/mol. The van der Waals surface area contributed by atoms with Crippen LogP contribution in [-0.4, -0.2) is 62.2 Å². The summed E-state index contributed by atoms with van der Waals surface area (Å²) < 4.78 is 49.0. The van der Waals surface area contributed by atoms with Crippen LogP contribution in [0.2, 0.25) is 0 Å². The van der Waals surface area contributed by atoms with Crippen LogP contribution in [0.5, 0.6) is 5.75 Å². The Morgan fingerprint density at radius 2 is 1.59 bits per heavy atom. The van der Waals surface area contributed by atoms with E-state index in [1.807, 2.05) is 13.0 Å². The van der Waals surface area contributed by atoms with Crippen molar-refractivity contribution in [2.75, 3.05) is 46.5 Å². The lowest BCUT2D eigenvalue weighted by Gasteiger charge is -2.35. The summed E-state index contributed by atoms with van der Waals surface area (Å²) in [4.78, 5) is 16.7. The van der Waals surface area contributed by atoms with Crippen molar-refractivity contribution < 1.29 is 27.4 Å². The first kappa shape index (κ1) is 24.1. The van der Waals surface area contributed by atoms with Gasteiger partial charge in [-0.05, 0) is 60.9 Å². The van der Waals surface area contributed by atoms with Gasteiger partial charge in [-0.25, -0.2) is 0 Å². The third-order valence-corrected chi connectivity index (χ3v) is 5.91. The molecular formula is C24H29F3N2O3. The van der Waals surface area contributed by atoms with E-state index in [9.17, 15) is 18.0 Å². The number of amides is 1. The molecule has 0 N–H and O–H groups in total. The van der Waals surface area contributed by atoms with Gasteiger partial charge >= 0.3 is 6.18 Å². The van der Waals surface area contributed by atoms with Gasteiger partial charge in [0.1, 0.15) is 12.4 Å². The Bertz CT molecular complexity index is 921. The van der Waals surface area contributed by atoms with E-state index in [1.165, 1.54) is 23.3 Å². The molecule has 0 saturated carbocycles. The molecule has 174 valence electrons. The Hall–Kier alpha value is -2.58. The molecule has 5 nitrogen and oxygen atoms in total. The molecule has 1 aliphatic rings. The number of benzene rings is 2. The van der Waals surface area contributed by atoms with Gasteiger partial charge in [0, 0.05) is 45.4 Å². The molecule has 0 atom stereocenters. The van der Waals surface area contributed by atoms with Crippen molar-refractivity contribution in [3.05, 3.63) is 64.2 Å². The molecule has 32 heavy (non-hydrogen) atoms. The van der Waals surface area contributed by atoms with Gasteiger partial charge in [-0.2, -0.15) is 13.2 Å². The Morgan fingerprint density at radius 3 is 2.19 bits per heavy atom. The summed E-state index contributed by atoms with van der Waals surface area (Å²) in [6.07, 6.45) is -4.40. The maximum Gasteiger partial charge on any atom is 0.416 e. The molecule has 1 fully saturated rings. The normalized spacial score (nSPS) is 15.1. The zero-order chi connectivity index (χ0) is 23.3. The van der Waals surface area contributed by atoms with Gasteiger partial charge in [-0.1, -0.05) is 6.07 Å². The molecule has 2 aromatic rings. The smallest absolute Gasteiger partial charge is 0.416 e. The van der Waals surface area contributed by atoms with Crippen LogP contribution >= 0.6 is 0 Å². The SMILES string of the molecule is COCCOc1ccc(CN2CCN(C(=O)c3ccc(C(F)(F)F)cc3)CC2)c(C)c1C. The second kappa shape index (κ2) is 10.4. The van der Waals surface area contributed by atoms with Crippen LogP contribution in [0.15, 0.2) is 36.4 Å². The summed E-state index contributed by atoms with van der Waals surface area (Å²) in [7, 11) is 1.64. The quantitative estimate of drug-likeness (QED) is 0.590. The topological polar surface area (TPSA) is 42.0 Å². The van der Waals surface area contributed by atoms with Crippen LogP contribution in [0.3, 0.4) is 0 Å². The largest absolute Gasteiger partial charge is 0.491 e. The van der Waals surface area contributed by atoms with Crippen molar-refractivity contribution in [2.45, 2.75) is 26.6 Å². The van der Waals surface area contributed by atoms with Crippen molar-refractivity contribution in [2.24, 2.45) is 0 Å². The fourth-order valence-electron chi connectivity index (χ4n) is 3.75. The molecular weight excluding hydrogens is 421 g/mol. The Kier molecular flexibility index (Phi) is 7.79. The molecule has 1 saturated heterocycles. The van der Waals surface area contributed by atoms with Crippen LogP contribution in [0.1, 0.15) is 32.6 Å². The van der Waals surface area contributed by atoms with Crippen molar-refractivity contribution in [3.63, 3.8) is 0 Å². The minimum Gasteiger partial charge on any atom is -0.491 e. The minimum atomic E-state index is -4.40. The van der Waals surface area contributed by atoms with Crippen LogP contribution < -0.4 is 4.74 Å². The fourth-order valence-corrected chi connectivity index (χ4v) is 3.75. The predicted octanol–water partition coefficient (Wildman–Crippen LogP) is 4.31. The molecule has 0 aromatic heterocycles. The monoisotopic (exact) mass is 450 g/mol. The number of rotatable bonds is 7. The molecule has 0 aliphatic carbocycles. The number of hydrogen-bond donors (Lipinski definition) is 0. The van der Waals surface area contributed by atoms with Gasteiger partial charge in [0.25, 0.3) is 5.91 Å². The predicted molar refractivity (Wildman–Crippen MR) is 116 cm³/mol. The molecule has 1 heterocycles. The van der Waals surface area contributed by atoms with Gasteiger partial charge in [0.05, 0.1) is 12.2 Å². The standard InChI is InChI=1S/C24H29F3N2O3/c1-17-18(2)22(32-15-14-31-3)9-6-20(17)16-28-10-12-29(13-11-28)23(30)19-4-7-21(8-5-19)24(25,26)27/h4-9H,10-16H2,1-3H3. The van der Waals surface area contributed by atoms with Crippen LogP contribution in [0.4, 0.5) is 13.2 Å². The van der Waals surface area contributed by atoms with Gasteiger partial charge in [0.2, 0.25) is 0 Å². The number of halogens is 3. The van der Waals surface area contributed by atoms with Gasteiger partial charge in [-0.3, -0.25) is 9.69 Å². The molecule has 0 spiro atoms. The van der Waals surface area contributed by atoms with E-state index in [4.69, 9.17) is 9.47 Å². The maximum absolute atomic E-state index is 12.7. The molecule has 1 amide bonds. The highest BCUT2D eigenvalue weighted by Gasteiger charge is 2.30. The molecule has 0 unspecified atom stereocenters.